The zero-order valence-corrected chi connectivity index (χ0v) is 16.3. The smallest absolute Gasteiger partial charge is 0.156 e. The van der Waals surface area contributed by atoms with Gasteiger partial charge in [0.15, 0.2) is 5.82 Å². The fourth-order valence-electron chi connectivity index (χ4n) is 3.23. The Morgan fingerprint density at radius 1 is 1.31 bits per heavy atom. The van der Waals surface area contributed by atoms with Gasteiger partial charge in [-0.3, -0.25) is 9.88 Å². The normalized spacial score (nSPS) is 17.7. The standard InChI is InChI=1S/C19H18BrClN4O/c20-15-2-1-3-16(17(15)21)24-19-18-13(4-6-22-19)8-12(9-23-18)10-25-7-5-14(26)11-25/h1-4,6,8-9,14,26H,5,7,10-11H2,(H,22,24)/t14-/m1/s1. The van der Waals surface area contributed by atoms with E-state index in [2.05, 4.69) is 42.2 Å². The number of nitrogens with zero attached hydrogens (tertiary/aromatic N) is 3. The van der Waals surface area contributed by atoms with E-state index in [9.17, 15) is 5.11 Å². The highest BCUT2D eigenvalue weighted by molar-refractivity contribution is 9.10. The molecule has 0 amide bonds. The van der Waals surface area contributed by atoms with E-state index in [1.807, 2.05) is 30.5 Å². The lowest BCUT2D eigenvalue weighted by Crippen LogP contribution is -2.21. The number of benzene rings is 1. The van der Waals surface area contributed by atoms with Gasteiger partial charge >= 0.3 is 0 Å². The molecular weight excluding hydrogens is 416 g/mol. The summed E-state index contributed by atoms with van der Waals surface area (Å²) in [6.07, 6.45) is 4.27. The number of nitrogens with one attached hydrogen (secondary N) is 1. The van der Waals surface area contributed by atoms with Crippen molar-refractivity contribution in [1.29, 1.82) is 0 Å². The van der Waals surface area contributed by atoms with E-state index in [1.54, 1.807) is 6.20 Å². The lowest BCUT2D eigenvalue weighted by molar-refractivity contribution is 0.175. The van der Waals surface area contributed by atoms with Crippen LogP contribution in [0.3, 0.4) is 0 Å². The fraction of sp³-hybridized carbons (Fsp3) is 0.263. The van der Waals surface area contributed by atoms with Crippen LogP contribution in [-0.2, 0) is 6.54 Å². The number of β-amino-alcohol motifs (C(OH)–C–C–N with tert-alkyl or cyclic N) is 1. The summed E-state index contributed by atoms with van der Waals surface area (Å²) in [5, 5.41) is 14.6. The minimum atomic E-state index is -0.210. The van der Waals surface area contributed by atoms with Gasteiger partial charge in [-0.15, -0.1) is 0 Å². The number of halogens is 2. The van der Waals surface area contributed by atoms with Crippen molar-refractivity contribution in [3.8, 4) is 0 Å². The fourth-order valence-corrected chi connectivity index (χ4v) is 3.76. The van der Waals surface area contributed by atoms with Crippen molar-refractivity contribution in [3.05, 3.63) is 57.8 Å². The highest BCUT2D eigenvalue weighted by Gasteiger charge is 2.20. The Balaban J connectivity index is 1.61. The number of aromatic nitrogens is 2. The maximum atomic E-state index is 9.68. The Morgan fingerprint density at radius 2 is 2.19 bits per heavy atom. The predicted molar refractivity (Wildman–Crippen MR) is 108 cm³/mol. The van der Waals surface area contributed by atoms with Gasteiger partial charge in [-0.1, -0.05) is 17.7 Å². The summed E-state index contributed by atoms with van der Waals surface area (Å²) in [5.74, 6) is 0.672. The van der Waals surface area contributed by atoms with Crippen LogP contribution in [0.4, 0.5) is 11.5 Å². The molecule has 4 rings (SSSR count). The van der Waals surface area contributed by atoms with Crippen LogP contribution in [0.25, 0.3) is 10.9 Å². The Labute approximate surface area is 165 Å². The molecule has 1 aliphatic rings. The first-order valence-electron chi connectivity index (χ1n) is 8.45. The molecule has 1 aliphatic heterocycles. The second-order valence-corrected chi connectivity index (χ2v) is 7.71. The van der Waals surface area contributed by atoms with Gasteiger partial charge in [0.2, 0.25) is 0 Å². The Hall–Kier alpha value is -1.73. The molecule has 1 aromatic carbocycles. The second kappa shape index (κ2) is 7.48. The third-order valence-electron chi connectivity index (χ3n) is 4.51. The number of aliphatic hydroxyl groups excluding tert-OH is 1. The van der Waals surface area contributed by atoms with E-state index in [4.69, 9.17) is 11.6 Å². The molecule has 5 nitrogen and oxygen atoms in total. The number of hydrogen-bond donors (Lipinski definition) is 2. The first kappa shape index (κ1) is 17.7. The predicted octanol–water partition coefficient (Wildman–Crippen LogP) is 4.36. The summed E-state index contributed by atoms with van der Waals surface area (Å²) in [4.78, 5) is 11.3. The molecule has 0 spiro atoms. The van der Waals surface area contributed by atoms with E-state index in [1.165, 1.54) is 0 Å². The van der Waals surface area contributed by atoms with E-state index in [0.717, 1.165) is 52.7 Å². The lowest BCUT2D eigenvalue weighted by atomic mass is 10.2. The molecule has 3 heterocycles. The van der Waals surface area contributed by atoms with E-state index >= 15 is 0 Å². The Bertz CT molecular complexity index is 952. The number of aliphatic hydroxyl groups is 1. The highest BCUT2D eigenvalue weighted by Crippen LogP contribution is 2.33. The molecular formula is C19H18BrClN4O. The summed E-state index contributed by atoms with van der Waals surface area (Å²) in [5.41, 5.74) is 2.70. The molecule has 1 saturated heterocycles. The average molecular weight is 434 g/mol. The monoisotopic (exact) mass is 432 g/mol. The minimum Gasteiger partial charge on any atom is -0.392 e. The molecule has 7 heteroatoms. The molecule has 0 unspecified atom stereocenters. The molecule has 1 atom stereocenters. The number of likely N-dealkylation sites (tertiary alicyclic amines) is 1. The molecule has 0 aliphatic carbocycles. The third-order valence-corrected chi connectivity index (χ3v) is 5.81. The van der Waals surface area contributed by atoms with Gasteiger partial charge in [0, 0.05) is 41.9 Å². The van der Waals surface area contributed by atoms with Crippen molar-refractivity contribution < 1.29 is 5.11 Å². The van der Waals surface area contributed by atoms with Crippen molar-refractivity contribution in [1.82, 2.24) is 14.9 Å². The maximum Gasteiger partial charge on any atom is 0.156 e. The summed E-state index contributed by atoms with van der Waals surface area (Å²) in [6, 6.07) is 9.80. The third kappa shape index (κ3) is 3.69. The van der Waals surface area contributed by atoms with E-state index < -0.39 is 0 Å². The van der Waals surface area contributed by atoms with Crippen molar-refractivity contribution in [2.24, 2.45) is 0 Å². The topological polar surface area (TPSA) is 61.3 Å². The molecule has 0 radical (unpaired) electrons. The molecule has 3 aromatic rings. The zero-order valence-electron chi connectivity index (χ0n) is 14.0. The first-order chi connectivity index (χ1) is 12.6. The summed E-state index contributed by atoms with van der Waals surface area (Å²) in [7, 11) is 0. The van der Waals surface area contributed by atoms with Gasteiger partial charge in [-0.05, 0) is 52.2 Å². The molecule has 2 aromatic heterocycles. The van der Waals surface area contributed by atoms with Crippen LogP contribution in [0.1, 0.15) is 12.0 Å². The lowest BCUT2D eigenvalue weighted by Gasteiger charge is -2.15. The SMILES string of the molecule is O[C@@H]1CCN(Cc2cnc3c(Nc4cccc(Br)c4Cl)nccc3c2)C1. The van der Waals surface area contributed by atoms with Crippen molar-refractivity contribution >= 4 is 49.9 Å². The van der Waals surface area contributed by atoms with Crippen LogP contribution in [0.15, 0.2) is 47.2 Å². The van der Waals surface area contributed by atoms with E-state index in [0.29, 0.717) is 10.8 Å². The first-order valence-corrected chi connectivity index (χ1v) is 9.62. The number of hydrogen-bond acceptors (Lipinski definition) is 5. The molecule has 0 saturated carbocycles. The average Bonchev–Trinajstić information content (AvgIpc) is 3.04. The van der Waals surface area contributed by atoms with Crippen LogP contribution < -0.4 is 5.32 Å². The maximum absolute atomic E-state index is 9.68. The van der Waals surface area contributed by atoms with Crippen LogP contribution >= 0.6 is 27.5 Å². The van der Waals surface area contributed by atoms with E-state index in [-0.39, 0.29) is 6.10 Å². The number of fused-ring (bicyclic) bond motifs is 1. The van der Waals surface area contributed by atoms with Crippen LogP contribution in [0, 0.1) is 0 Å². The molecule has 0 bridgehead atoms. The number of anilines is 2. The number of rotatable bonds is 4. The summed E-state index contributed by atoms with van der Waals surface area (Å²) in [6.45, 7) is 2.44. The van der Waals surface area contributed by atoms with Gasteiger partial charge in [-0.2, -0.15) is 0 Å². The van der Waals surface area contributed by atoms with Crippen LogP contribution in [0.2, 0.25) is 5.02 Å². The van der Waals surface area contributed by atoms with Gasteiger partial charge in [0.1, 0.15) is 5.52 Å². The van der Waals surface area contributed by atoms with Crippen molar-refractivity contribution in [2.75, 3.05) is 18.4 Å². The zero-order chi connectivity index (χ0) is 18.1. The highest BCUT2D eigenvalue weighted by atomic mass is 79.9. The van der Waals surface area contributed by atoms with Crippen LogP contribution in [0.5, 0.6) is 0 Å². The largest absolute Gasteiger partial charge is 0.392 e. The van der Waals surface area contributed by atoms with Crippen molar-refractivity contribution in [3.63, 3.8) is 0 Å². The quantitative estimate of drug-likeness (QED) is 0.640. The molecule has 2 N–H and O–H groups in total. The number of pyridine rings is 2. The molecule has 1 fully saturated rings. The molecule has 134 valence electrons. The van der Waals surface area contributed by atoms with Gasteiger partial charge in [0.05, 0.1) is 16.8 Å². The Kier molecular flexibility index (Phi) is 5.09. The summed E-state index contributed by atoms with van der Waals surface area (Å²) >= 11 is 9.78. The molecule has 26 heavy (non-hydrogen) atoms. The van der Waals surface area contributed by atoms with Gasteiger partial charge < -0.3 is 10.4 Å². The summed E-state index contributed by atoms with van der Waals surface area (Å²) < 4.78 is 0.826. The van der Waals surface area contributed by atoms with Crippen LogP contribution in [-0.4, -0.2) is 39.2 Å². The van der Waals surface area contributed by atoms with Crippen molar-refractivity contribution in [2.45, 2.75) is 19.1 Å². The van der Waals surface area contributed by atoms with Gasteiger partial charge in [-0.25, -0.2) is 4.98 Å². The Morgan fingerprint density at radius 3 is 3.00 bits per heavy atom. The van der Waals surface area contributed by atoms with Gasteiger partial charge in [0.25, 0.3) is 0 Å². The second-order valence-electron chi connectivity index (χ2n) is 6.48. The minimum absolute atomic E-state index is 0.210.